The zero-order chi connectivity index (χ0) is 31.4. The topological polar surface area (TPSA) is 78.7 Å². The Morgan fingerprint density at radius 2 is 1.29 bits per heavy atom. The number of esters is 1. The van der Waals surface area contributed by atoms with Crippen molar-refractivity contribution in [1.29, 1.82) is 0 Å². The van der Waals surface area contributed by atoms with Gasteiger partial charge in [-0.1, -0.05) is 135 Å². The Hall–Kier alpha value is -4.75. The number of nitrogens with one attached hydrogen (secondary N) is 1. The maximum absolute atomic E-state index is 13.8. The van der Waals surface area contributed by atoms with Crippen LogP contribution in [0.1, 0.15) is 42.5 Å². The summed E-state index contributed by atoms with van der Waals surface area (Å²) in [4.78, 5) is 44.5. The Labute approximate surface area is 264 Å². The van der Waals surface area contributed by atoms with Crippen molar-refractivity contribution in [2.75, 3.05) is 13.1 Å². The smallest absolute Gasteiger partial charge is 0.329 e. The van der Waals surface area contributed by atoms with Gasteiger partial charge in [0.05, 0.1) is 5.54 Å². The molecule has 3 unspecified atom stereocenters. The van der Waals surface area contributed by atoms with Gasteiger partial charge in [0.15, 0.2) is 0 Å². The van der Waals surface area contributed by atoms with Crippen molar-refractivity contribution in [1.82, 2.24) is 15.1 Å². The van der Waals surface area contributed by atoms with E-state index in [2.05, 4.69) is 46.6 Å². The maximum atomic E-state index is 13.8. The van der Waals surface area contributed by atoms with Gasteiger partial charge < -0.3 is 15.0 Å². The van der Waals surface area contributed by atoms with E-state index in [-0.39, 0.29) is 24.3 Å². The van der Waals surface area contributed by atoms with Gasteiger partial charge in [-0.05, 0) is 34.6 Å². The lowest BCUT2D eigenvalue weighted by Gasteiger charge is -2.38. The van der Waals surface area contributed by atoms with Crippen LogP contribution in [0.5, 0.6) is 0 Å². The summed E-state index contributed by atoms with van der Waals surface area (Å²) in [6.45, 7) is 4.88. The molecular formula is C38H39N3O4. The van der Waals surface area contributed by atoms with E-state index in [0.29, 0.717) is 19.5 Å². The molecule has 0 aromatic heterocycles. The highest BCUT2D eigenvalue weighted by molar-refractivity contribution is 5.94. The van der Waals surface area contributed by atoms with E-state index in [1.54, 1.807) is 4.90 Å². The summed E-state index contributed by atoms with van der Waals surface area (Å²) in [6.07, 6.45) is 0.438. The second-order valence-electron chi connectivity index (χ2n) is 12.1. The molecule has 0 radical (unpaired) electrons. The van der Waals surface area contributed by atoms with Crippen molar-refractivity contribution in [3.63, 3.8) is 0 Å². The summed E-state index contributed by atoms with van der Waals surface area (Å²) in [5.74, 6) is -1.00. The average molecular weight is 602 g/mol. The molecule has 4 atom stereocenters. The molecule has 2 amide bonds. The Bertz CT molecular complexity index is 1520. The lowest BCUT2D eigenvalue weighted by atomic mass is 9.76. The van der Waals surface area contributed by atoms with Crippen LogP contribution in [0.15, 0.2) is 121 Å². The molecule has 230 valence electrons. The summed E-state index contributed by atoms with van der Waals surface area (Å²) in [5, 5.41) is 3.04. The standard InChI is InChI=1S/C38H39N3O4/c1-27(2)34(37(44)45-26-28-15-7-3-8-16-28)40-24-23-32(36(40)43)39-35(42)33-25-41(33)38(29-17-9-4-10-18-29,30-19-11-5-12-20-30)31-21-13-6-14-22-31/h3-22,27,32-34H,23-26H2,1-2H3,(H,39,42)/t32-,33?,34?,41?/m1/s1. The Kier molecular flexibility index (Phi) is 8.80. The number of carbonyl (C=O) groups excluding carboxylic acids is 3. The van der Waals surface area contributed by atoms with Crippen LogP contribution in [0, 0.1) is 5.92 Å². The number of hydrogen-bond acceptors (Lipinski definition) is 5. The summed E-state index contributed by atoms with van der Waals surface area (Å²) < 4.78 is 5.63. The van der Waals surface area contributed by atoms with Crippen molar-refractivity contribution in [2.45, 2.75) is 50.5 Å². The molecule has 7 heteroatoms. The highest BCUT2D eigenvalue weighted by Gasteiger charge is 2.56. The summed E-state index contributed by atoms with van der Waals surface area (Å²) >= 11 is 0. The third-order valence-electron chi connectivity index (χ3n) is 8.91. The molecule has 4 aromatic rings. The van der Waals surface area contributed by atoms with Crippen LogP contribution in [0.25, 0.3) is 0 Å². The highest BCUT2D eigenvalue weighted by Crippen LogP contribution is 2.48. The molecular weight excluding hydrogens is 562 g/mol. The number of nitrogens with zero attached hydrogens (tertiary/aromatic N) is 2. The van der Waals surface area contributed by atoms with Gasteiger partial charge in [-0.15, -0.1) is 0 Å². The fraction of sp³-hybridized carbons (Fsp3) is 0.289. The molecule has 4 aromatic carbocycles. The highest BCUT2D eigenvalue weighted by atomic mass is 16.5. The van der Waals surface area contributed by atoms with Gasteiger partial charge in [-0.3, -0.25) is 14.5 Å². The third kappa shape index (κ3) is 6.00. The maximum Gasteiger partial charge on any atom is 0.329 e. The van der Waals surface area contributed by atoms with Gasteiger partial charge in [-0.2, -0.15) is 0 Å². The Morgan fingerprint density at radius 1 is 0.800 bits per heavy atom. The lowest BCUT2D eigenvalue weighted by Crippen LogP contribution is -2.51. The number of benzene rings is 4. The summed E-state index contributed by atoms with van der Waals surface area (Å²) in [7, 11) is 0. The van der Waals surface area contributed by atoms with Gasteiger partial charge in [0.25, 0.3) is 0 Å². The minimum absolute atomic E-state index is 0.145. The molecule has 2 saturated heterocycles. The molecule has 0 spiro atoms. The number of carbonyl (C=O) groups is 3. The fourth-order valence-electron chi connectivity index (χ4n) is 6.72. The molecule has 1 N–H and O–H groups in total. The number of hydrogen-bond donors (Lipinski definition) is 1. The number of ether oxygens (including phenoxy) is 1. The zero-order valence-electron chi connectivity index (χ0n) is 25.7. The van der Waals surface area contributed by atoms with E-state index in [1.807, 2.05) is 98.8 Å². The minimum Gasteiger partial charge on any atom is -0.459 e. The van der Waals surface area contributed by atoms with Crippen molar-refractivity contribution < 1.29 is 19.1 Å². The van der Waals surface area contributed by atoms with Crippen molar-refractivity contribution in [3.05, 3.63) is 144 Å². The quantitative estimate of drug-likeness (QED) is 0.146. The SMILES string of the molecule is CC(C)C(C(=O)OCc1ccccc1)N1CC[C@@H](NC(=O)C2CN2C(c2ccccc2)(c2ccccc2)c2ccccc2)C1=O. The van der Waals surface area contributed by atoms with Crippen LogP contribution in [-0.2, 0) is 31.3 Å². The summed E-state index contributed by atoms with van der Waals surface area (Å²) in [6, 6.07) is 38.4. The van der Waals surface area contributed by atoms with E-state index in [4.69, 9.17) is 4.74 Å². The van der Waals surface area contributed by atoms with E-state index in [1.165, 1.54) is 0 Å². The zero-order valence-corrected chi connectivity index (χ0v) is 25.7. The predicted molar refractivity (Wildman–Crippen MR) is 173 cm³/mol. The molecule has 45 heavy (non-hydrogen) atoms. The predicted octanol–water partition coefficient (Wildman–Crippen LogP) is 5.15. The van der Waals surface area contributed by atoms with Crippen molar-refractivity contribution >= 4 is 17.8 Å². The molecule has 2 heterocycles. The molecule has 2 fully saturated rings. The van der Waals surface area contributed by atoms with Crippen LogP contribution < -0.4 is 5.32 Å². The third-order valence-corrected chi connectivity index (χ3v) is 8.91. The second kappa shape index (κ2) is 13.1. The number of amides is 2. The van der Waals surface area contributed by atoms with Gasteiger partial charge in [0.2, 0.25) is 11.8 Å². The minimum atomic E-state index is -0.720. The van der Waals surface area contributed by atoms with Gasteiger partial charge >= 0.3 is 5.97 Å². The van der Waals surface area contributed by atoms with E-state index >= 15 is 0 Å². The van der Waals surface area contributed by atoms with Crippen molar-refractivity contribution in [2.24, 2.45) is 5.92 Å². The first-order chi connectivity index (χ1) is 21.9. The van der Waals surface area contributed by atoms with Gasteiger partial charge in [-0.25, -0.2) is 4.79 Å². The first-order valence-corrected chi connectivity index (χ1v) is 15.7. The van der Waals surface area contributed by atoms with Crippen LogP contribution in [0.3, 0.4) is 0 Å². The molecule has 6 rings (SSSR count). The van der Waals surface area contributed by atoms with Crippen LogP contribution in [0.2, 0.25) is 0 Å². The molecule has 0 aliphatic carbocycles. The normalized spacial score (nSPS) is 20.1. The van der Waals surface area contributed by atoms with Crippen molar-refractivity contribution in [3.8, 4) is 0 Å². The fourth-order valence-corrected chi connectivity index (χ4v) is 6.72. The Morgan fingerprint density at radius 3 is 1.78 bits per heavy atom. The van der Waals surface area contributed by atoms with E-state index in [9.17, 15) is 14.4 Å². The molecule has 0 saturated carbocycles. The molecule has 2 aliphatic heterocycles. The number of likely N-dealkylation sites (tertiary alicyclic amines) is 1. The first-order valence-electron chi connectivity index (χ1n) is 15.7. The van der Waals surface area contributed by atoms with Crippen LogP contribution >= 0.6 is 0 Å². The number of rotatable bonds is 11. The lowest BCUT2D eigenvalue weighted by molar-refractivity contribution is -0.157. The first kappa shape index (κ1) is 30.3. The van der Waals surface area contributed by atoms with Gasteiger partial charge in [0.1, 0.15) is 24.7 Å². The molecule has 7 nitrogen and oxygen atoms in total. The van der Waals surface area contributed by atoms with Crippen LogP contribution in [0.4, 0.5) is 0 Å². The average Bonchev–Trinajstić information content (AvgIpc) is 3.81. The monoisotopic (exact) mass is 601 g/mol. The largest absolute Gasteiger partial charge is 0.459 e. The molecule has 2 aliphatic rings. The van der Waals surface area contributed by atoms with E-state index in [0.717, 1.165) is 22.3 Å². The van der Waals surface area contributed by atoms with Gasteiger partial charge in [0, 0.05) is 13.1 Å². The Balaban J connectivity index is 1.20. The van der Waals surface area contributed by atoms with E-state index < -0.39 is 29.6 Å². The summed E-state index contributed by atoms with van der Waals surface area (Å²) in [5.41, 5.74) is 3.39. The van der Waals surface area contributed by atoms with Crippen LogP contribution in [-0.4, -0.2) is 58.8 Å². The second-order valence-corrected chi connectivity index (χ2v) is 12.1. The molecule has 0 bridgehead atoms.